The first-order valence-corrected chi connectivity index (χ1v) is 7.47. The highest BCUT2D eigenvalue weighted by atomic mass is 35.5. The molecule has 6 heteroatoms. The van der Waals surface area contributed by atoms with Crippen molar-refractivity contribution in [1.82, 2.24) is 16.0 Å². The van der Waals surface area contributed by atoms with Crippen LogP contribution in [0.5, 0.6) is 0 Å². The summed E-state index contributed by atoms with van der Waals surface area (Å²) in [4.78, 5) is 23.4. The van der Waals surface area contributed by atoms with Crippen LogP contribution in [0.2, 0.25) is 0 Å². The summed E-state index contributed by atoms with van der Waals surface area (Å²) in [5, 5.41) is 8.82. The Morgan fingerprint density at radius 1 is 1.36 bits per heavy atom. The summed E-state index contributed by atoms with van der Waals surface area (Å²) in [6, 6.07) is 7.31. The minimum absolute atomic E-state index is 0. The second kappa shape index (κ2) is 9.43. The second-order valence-electron chi connectivity index (χ2n) is 5.45. The summed E-state index contributed by atoms with van der Waals surface area (Å²) >= 11 is 0. The first-order valence-electron chi connectivity index (χ1n) is 7.47. The van der Waals surface area contributed by atoms with Gasteiger partial charge in [0.15, 0.2) is 0 Å². The predicted octanol–water partition coefficient (Wildman–Crippen LogP) is 1.47. The maximum Gasteiger partial charge on any atom is 0.251 e. The van der Waals surface area contributed by atoms with E-state index in [1.807, 2.05) is 12.1 Å². The molecular weight excluding hydrogens is 302 g/mol. The van der Waals surface area contributed by atoms with Gasteiger partial charge in [0.25, 0.3) is 5.91 Å². The Bertz CT molecular complexity index is 502. The van der Waals surface area contributed by atoms with Crippen LogP contribution < -0.4 is 16.0 Å². The average molecular weight is 326 g/mol. The summed E-state index contributed by atoms with van der Waals surface area (Å²) in [7, 11) is 1.61. The standard InChI is InChI=1S/C16H23N3O2.ClH/c1-17-16(21)14-4-2-3-13(9-14)11-19-15(20)6-5-12-7-8-18-10-12;/h2-4,9,12,18H,5-8,10-11H2,1H3,(H,17,21)(H,19,20);1H. The van der Waals surface area contributed by atoms with Crippen LogP contribution >= 0.6 is 12.4 Å². The Hall–Kier alpha value is -1.59. The summed E-state index contributed by atoms with van der Waals surface area (Å²) in [5.74, 6) is 0.594. The molecule has 22 heavy (non-hydrogen) atoms. The topological polar surface area (TPSA) is 70.2 Å². The van der Waals surface area contributed by atoms with Gasteiger partial charge in [0.1, 0.15) is 0 Å². The number of hydrogen-bond acceptors (Lipinski definition) is 3. The van der Waals surface area contributed by atoms with Gasteiger partial charge in [0, 0.05) is 25.6 Å². The van der Waals surface area contributed by atoms with Crippen LogP contribution in [-0.2, 0) is 11.3 Å². The molecule has 122 valence electrons. The van der Waals surface area contributed by atoms with Crippen molar-refractivity contribution in [3.8, 4) is 0 Å². The summed E-state index contributed by atoms with van der Waals surface area (Å²) in [6.45, 7) is 2.56. The number of benzene rings is 1. The monoisotopic (exact) mass is 325 g/mol. The number of rotatable bonds is 6. The molecule has 1 aromatic rings. The van der Waals surface area contributed by atoms with E-state index in [0.29, 0.717) is 24.4 Å². The molecule has 1 aliphatic heterocycles. The quantitative estimate of drug-likeness (QED) is 0.742. The van der Waals surface area contributed by atoms with Gasteiger partial charge >= 0.3 is 0 Å². The Labute approximate surface area is 137 Å². The van der Waals surface area contributed by atoms with Crippen molar-refractivity contribution >= 4 is 24.2 Å². The van der Waals surface area contributed by atoms with E-state index in [0.717, 1.165) is 25.1 Å². The largest absolute Gasteiger partial charge is 0.355 e. The van der Waals surface area contributed by atoms with E-state index < -0.39 is 0 Å². The first-order chi connectivity index (χ1) is 10.2. The van der Waals surface area contributed by atoms with E-state index in [1.165, 1.54) is 6.42 Å². The van der Waals surface area contributed by atoms with Crippen molar-refractivity contribution in [2.75, 3.05) is 20.1 Å². The van der Waals surface area contributed by atoms with Crippen LogP contribution in [0.3, 0.4) is 0 Å². The third-order valence-corrected chi connectivity index (χ3v) is 3.85. The highest BCUT2D eigenvalue weighted by Gasteiger charge is 2.15. The SMILES string of the molecule is CNC(=O)c1cccc(CNC(=O)CCC2CCNC2)c1.Cl. The van der Waals surface area contributed by atoms with Crippen LogP contribution in [-0.4, -0.2) is 32.0 Å². The van der Waals surface area contributed by atoms with Crippen LogP contribution in [0.15, 0.2) is 24.3 Å². The molecule has 0 bridgehead atoms. The molecule has 1 saturated heterocycles. The van der Waals surface area contributed by atoms with Gasteiger partial charge in [-0.2, -0.15) is 0 Å². The van der Waals surface area contributed by atoms with Crippen molar-refractivity contribution in [2.45, 2.75) is 25.8 Å². The van der Waals surface area contributed by atoms with E-state index >= 15 is 0 Å². The molecule has 1 unspecified atom stereocenters. The van der Waals surface area contributed by atoms with Crippen molar-refractivity contribution in [2.24, 2.45) is 5.92 Å². The van der Waals surface area contributed by atoms with Crippen LogP contribution in [0.25, 0.3) is 0 Å². The van der Waals surface area contributed by atoms with Gasteiger partial charge in [-0.15, -0.1) is 12.4 Å². The maximum absolute atomic E-state index is 11.8. The fourth-order valence-corrected chi connectivity index (χ4v) is 2.55. The van der Waals surface area contributed by atoms with Crippen LogP contribution in [0.1, 0.15) is 35.2 Å². The fraction of sp³-hybridized carbons (Fsp3) is 0.500. The lowest BCUT2D eigenvalue weighted by molar-refractivity contribution is -0.121. The Morgan fingerprint density at radius 2 is 2.18 bits per heavy atom. The lowest BCUT2D eigenvalue weighted by atomic mass is 10.0. The number of carbonyl (C=O) groups excluding carboxylic acids is 2. The molecule has 0 saturated carbocycles. The number of carbonyl (C=O) groups is 2. The summed E-state index contributed by atoms with van der Waals surface area (Å²) in [6.07, 6.45) is 2.68. The number of halogens is 1. The van der Waals surface area contributed by atoms with E-state index in [-0.39, 0.29) is 24.2 Å². The molecule has 0 spiro atoms. The molecule has 0 aliphatic carbocycles. The smallest absolute Gasteiger partial charge is 0.251 e. The van der Waals surface area contributed by atoms with Gasteiger partial charge in [-0.25, -0.2) is 0 Å². The first kappa shape index (κ1) is 18.5. The van der Waals surface area contributed by atoms with Crippen molar-refractivity contribution in [3.63, 3.8) is 0 Å². The molecule has 1 aliphatic rings. The summed E-state index contributed by atoms with van der Waals surface area (Å²) < 4.78 is 0. The fourth-order valence-electron chi connectivity index (χ4n) is 2.55. The minimum Gasteiger partial charge on any atom is -0.355 e. The van der Waals surface area contributed by atoms with Gasteiger partial charge in [0.05, 0.1) is 0 Å². The minimum atomic E-state index is -0.114. The molecule has 1 aromatic carbocycles. The third-order valence-electron chi connectivity index (χ3n) is 3.85. The molecule has 2 rings (SSSR count). The lowest BCUT2D eigenvalue weighted by Crippen LogP contribution is -2.24. The van der Waals surface area contributed by atoms with Crippen LogP contribution in [0.4, 0.5) is 0 Å². The predicted molar refractivity (Wildman–Crippen MR) is 89.1 cm³/mol. The van der Waals surface area contributed by atoms with Gasteiger partial charge in [-0.05, 0) is 49.5 Å². The number of amides is 2. The molecule has 0 aromatic heterocycles. The maximum atomic E-state index is 11.8. The molecule has 5 nitrogen and oxygen atoms in total. The Balaban J connectivity index is 0.00000242. The van der Waals surface area contributed by atoms with E-state index in [4.69, 9.17) is 0 Å². The molecule has 0 radical (unpaired) electrons. The van der Waals surface area contributed by atoms with Gasteiger partial charge < -0.3 is 16.0 Å². The van der Waals surface area contributed by atoms with Crippen molar-refractivity contribution in [1.29, 1.82) is 0 Å². The van der Waals surface area contributed by atoms with Crippen LogP contribution in [0, 0.1) is 5.92 Å². The van der Waals surface area contributed by atoms with E-state index in [1.54, 1.807) is 19.2 Å². The molecule has 3 N–H and O–H groups in total. The van der Waals surface area contributed by atoms with E-state index in [2.05, 4.69) is 16.0 Å². The second-order valence-corrected chi connectivity index (χ2v) is 5.45. The van der Waals surface area contributed by atoms with Gasteiger partial charge in [0.2, 0.25) is 5.91 Å². The van der Waals surface area contributed by atoms with Gasteiger partial charge in [-0.1, -0.05) is 12.1 Å². The number of hydrogen-bond donors (Lipinski definition) is 3. The van der Waals surface area contributed by atoms with E-state index in [9.17, 15) is 9.59 Å². The normalized spacial score (nSPS) is 16.7. The Morgan fingerprint density at radius 3 is 2.86 bits per heavy atom. The van der Waals surface area contributed by atoms with Crippen molar-refractivity contribution in [3.05, 3.63) is 35.4 Å². The van der Waals surface area contributed by atoms with Crippen molar-refractivity contribution < 1.29 is 9.59 Å². The zero-order valence-electron chi connectivity index (χ0n) is 12.9. The highest BCUT2D eigenvalue weighted by Crippen LogP contribution is 2.14. The summed E-state index contributed by atoms with van der Waals surface area (Å²) in [5.41, 5.74) is 1.55. The zero-order valence-corrected chi connectivity index (χ0v) is 13.7. The molecule has 1 fully saturated rings. The average Bonchev–Trinajstić information content (AvgIpc) is 3.04. The molecule has 2 amide bonds. The Kier molecular flexibility index (Phi) is 7.91. The highest BCUT2D eigenvalue weighted by molar-refractivity contribution is 5.94. The molecule has 1 atom stereocenters. The lowest BCUT2D eigenvalue weighted by Gasteiger charge is -2.09. The number of nitrogens with one attached hydrogen (secondary N) is 3. The molecular formula is C16H24ClN3O2. The third kappa shape index (κ3) is 5.66. The molecule has 1 heterocycles. The van der Waals surface area contributed by atoms with Gasteiger partial charge in [-0.3, -0.25) is 9.59 Å². The zero-order chi connectivity index (χ0) is 15.1.